The van der Waals surface area contributed by atoms with Crippen LogP contribution in [-0.2, 0) is 4.79 Å². The number of hydrogen-bond acceptors (Lipinski definition) is 4. The third-order valence-corrected chi connectivity index (χ3v) is 4.60. The van der Waals surface area contributed by atoms with Gasteiger partial charge >= 0.3 is 0 Å². The van der Waals surface area contributed by atoms with Crippen molar-refractivity contribution in [2.24, 2.45) is 16.3 Å². The largest absolute Gasteiger partial charge is 0.409 e. The van der Waals surface area contributed by atoms with Crippen molar-refractivity contribution in [3.63, 3.8) is 0 Å². The zero-order chi connectivity index (χ0) is 14.6. The van der Waals surface area contributed by atoms with Gasteiger partial charge in [-0.05, 0) is 45.7 Å². The Balaban J connectivity index is 1.94. The third-order valence-electron chi connectivity index (χ3n) is 4.60. The number of carbonyl (C=O) groups is 1. The van der Waals surface area contributed by atoms with Gasteiger partial charge in [0.1, 0.15) is 5.41 Å². The number of nitrogens with zero attached hydrogens (tertiary/aromatic N) is 2. The standard InChI is InChI=1S/C14H26N4O2/c1-11(10-18-8-4-5-9-18)16-13(19)14(12(15)17-20)6-2-3-7-14/h11,20H,2-10H2,1H3,(H2,15,17)(H,16,19). The van der Waals surface area contributed by atoms with Crippen LogP contribution in [0.3, 0.4) is 0 Å². The number of carbonyl (C=O) groups excluding carboxylic acids is 1. The zero-order valence-electron chi connectivity index (χ0n) is 12.3. The van der Waals surface area contributed by atoms with Crippen LogP contribution in [0.15, 0.2) is 5.16 Å². The van der Waals surface area contributed by atoms with Crippen LogP contribution in [0.25, 0.3) is 0 Å². The van der Waals surface area contributed by atoms with Gasteiger partial charge in [0, 0.05) is 12.6 Å². The molecule has 1 saturated carbocycles. The van der Waals surface area contributed by atoms with Gasteiger partial charge in [0.15, 0.2) is 5.84 Å². The molecule has 0 spiro atoms. The predicted molar refractivity (Wildman–Crippen MR) is 77.6 cm³/mol. The maximum Gasteiger partial charge on any atom is 0.234 e. The lowest BCUT2D eigenvalue weighted by Crippen LogP contribution is -2.52. The molecule has 0 bridgehead atoms. The van der Waals surface area contributed by atoms with Gasteiger partial charge in [-0.3, -0.25) is 4.79 Å². The molecule has 0 aromatic rings. The summed E-state index contributed by atoms with van der Waals surface area (Å²) in [5.74, 6) is -0.0298. The molecule has 1 heterocycles. The molecule has 20 heavy (non-hydrogen) atoms. The maximum absolute atomic E-state index is 12.6. The van der Waals surface area contributed by atoms with Crippen LogP contribution in [0.5, 0.6) is 0 Å². The second kappa shape index (κ2) is 6.43. The zero-order valence-corrected chi connectivity index (χ0v) is 12.3. The number of hydrogen-bond donors (Lipinski definition) is 3. The highest BCUT2D eigenvalue weighted by Gasteiger charge is 2.45. The number of nitrogens with two attached hydrogens (primary N) is 1. The fourth-order valence-electron chi connectivity index (χ4n) is 3.43. The van der Waals surface area contributed by atoms with E-state index in [1.54, 1.807) is 0 Å². The summed E-state index contributed by atoms with van der Waals surface area (Å²) in [5.41, 5.74) is 4.98. The highest BCUT2D eigenvalue weighted by Crippen LogP contribution is 2.38. The van der Waals surface area contributed by atoms with E-state index in [1.165, 1.54) is 12.8 Å². The van der Waals surface area contributed by atoms with Crippen molar-refractivity contribution in [2.75, 3.05) is 19.6 Å². The smallest absolute Gasteiger partial charge is 0.234 e. The average Bonchev–Trinajstić information content (AvgIpc) is 3.08. The lowest BCUT2D eigenvalue weighted by Gasteiger charge is -2.29. The fourth-order valence-corrected chi connectivity index (χ4v) is 3.43. The quantitative estimate of drug-likeness (QED) is 0.302. The van der Waals surface area contributed by atoms with Gasteiger partial charge in [0.2, 0.25) is 5.91 Å². The van der Waals surface area contributed by atoms with E-state index in [1.807, 2.05) is 6.92 Å². The molecule has 1 aliphatic carbocycles. The third kappa shape index (κ3) is 3.06. The Morgan fingerprint density at radius 3 is 2.50 bits per heavy atom. The van der Waals surface area contributed by atoms with Crippen molar-refractivity contribution in [1.29, 1.82) is 0 Å². The summed E-state index contributed by atoms with van der Waals surface area (Å²) in [6, 6.07) is 0.0876. The van der Waals surface area contributed by atoms with E-state index < -0.39 is 5.41 Å². The first kappa shape index (κ1) is 15.1. The average molecular weight is 282 g/mol. The van der Waals surface area contributed by atoms with Crippen molar-refractivity contribution in [3.05, 3.63) is 0 Å². The summed E-state index contributed by atoms with van der Waals surface area (Å²) >= 11 is 0. The molecule has 1 atom stereocenters. The molecular weight excluding hydrogens is 256 g/mol. The Morgan fingerprint density at radius 2 is 1.95 bits per heavy atom. The second-order valence-corrected chi connectivity index (χ2v) is 6.16. The van der Waals surface area contributed by atoms with Gasteiger partial charge in [0.25, 0.3) is 0 Å². The second-order valence-electron chi connectivity index (χ2n) is 6.16. The highest BCUT2D eigenvalue weighted by molar-refractivity contribution is 6.07. The summed E-state index contributed by atoms with van der Waals surface area (Å²) in [4.78, 5) is 14.9. The monoisotopic (exact) mass is 282 g/mol. The fraction of sp³-hybridized carbons (Fsp3) is 0.857. The lowest BCUT2D eigenvalue weighted by molar-refractivity contribution is -0.128. The first-order valence-corrected chi connectivity index (χ1v) is 7.60. The molecule has 1 unspecified atom stereocenters. The molecule has 1 saturated heterocycles. The van der Waals surface area contributed by atoms with Crippen molar-refractivity contribution in [3.8, 4) is 0 Å². The molecule has 1 aliphatic heterocycles. The van der Waals surface area contributed by atoms with Crippen LogP contribution in [0, 0.1) is 5.41 Å². The summed E-state index contributed by atoms with van der Waals surface area (Å²) in [5, 5.41) is 15.1. The van der Waals surface area contributed by atoms with E-state index in [4.69, 9.17) is 10.9 Å². The van der Waals surface area contributed by atoms with Gasteiger partial charge < -0.3 is 21.2 Å². The first-order chi connectivity index (χ1) is 9.58. The van der Waals surface area contributed by atoms with Crippen molar-refractivity contribution >= 4 is 11.7 Å². The molecule has 2 rings (SSSR count). The highest BCUT2D eigenvalue weighted by atomic mass is 16.4. The summed E-state index contributed by atoms with van der Waals surface area (Å²) in [6.07, 6.45) is 5.73. The molecule has 0 aromatic heterocycles. The van der Waals surface area contributed by atoms with E-state index in [9.17, 15) is 4.79 Å². The molecule has 6 heteroatoms. The molecule has 2 aliphatic rings. The minimum atomic E-state index is -0.798. The van der Waals surface area contributed by atoms with E-state index in [-0.39, 0.29) is 17.8 Å². The molecule has 0 radical (unpaired) electrons. The first-order valence-electron chi connectivity index (χ1n) is 7.60. The lowest BCUT2D eigenvalue weighted by atomic mass is 9.83. The summed E-state index contributed by atoms with van der Waals surface area (Å²) in [7, 11) is 0. The van der Waals surface area contributed by atoms with E-state index in [0.717, 1.165) is 32.5 Å². The van der Waals surface area contributed by atoms with Gasteiger partial charge in [-0.25, -0.2) is 0 Å². The van der Waals surface area contributed by atoms with E-state index >= 15 is 0 Å². The normalized spacial score (nSPS) is 24.8. The van der Waals surface area contributed by atoms with Gasteiger partial charge in [-0.2, -0.15) is 0 Å². The molecule has 2 fully saturated rings. The number of amides is 1. The molecule has 1 amide bonds. The van der Waals surface area contributed by atoms with Crippen LogP contribution < -0.4 is 11.1 Å². The summed E-state index contributed by atoms with van der Waals surface area (Å²) < 4.78 is 0. The maximum atomic E-state index is 12.6. The molecule has 6 nitrogen and oxygen atoms in total. The molecule has 0 aromatic carbocycles. The van der Waals surface area contributed by atoms with Gasteiger partial charge in [-0.15, -0.1) is 0 Å². The molecular formula is C14H26N4O2. The number of amidine groups is 1. The Kier molecular flexibility index (Phi) is 4.86. The van der Waals surface area contributed by atoms with Gasteiger partial charge in [0.05, 0.1) is 0 Å². The van der Waals surface area contributed by atoms with Crippen LogP contribution in [-0.4, -0.2) is 47.5 Å². The number of likely N-dealkylation sites (tertiary alicyclic amines) is 1. The minimum Gasteiger partial charge on any atom is -0.409 e. The Hall–Kier alpha value is -1.30. The Morgan fingerprint density at radius 1 is 1.35 bits per heavy atom. The van der Waals surface area contributed by atoms with Crippen LogP contribution in [0.1, 0.15) is 45.4 Å². The van der Waals surface area contributed by atoms with E-state index in [2.05, 4.69) is 15.4 Å². The molecule has 114 valence electrons. The Labute approximate surface area is 120 Å². The predicted octanol–water partition coefficient (Wildman–Crippen LogP) is 0.894. The SMILES string of the molecule is CC(CN1CCCC1)NC(=O)C1(C(N)=NO)CCCC1. The topological polar surface area (TPSA) is 91.0 Å². The number of oxime groups is 1. The Bertz CT molecular complexity index is 371. The molecule has 4 N–H and O–H groups in total. The minimum absolute atomic E-state index is 0.0564. The van der Waals surface area contributed by atoms with Crippen LogP contribution >= 0.6 is 0 Å². The van der Waals surface area contributed by atoms with Crippen molar-refractivity contribution in [2.45, 2.75) is 51.5 Å². The van der Waals surface area contributed by atoms with E-state index in [0.29, 0.717) is 12.8 Å². The van der Waals surface area contributed by atoms with Crippen molar-refractivity contribution in [1.82, 2.24) is 10.2 Å². The number of rotatable bonds is 5. The van der Waals surface area contributed by atoms with Gasteiger partial charge in [-0.1, -0.05) is 18.0 Å². The van der Waals surface area contributed by atoms with Crippen molar-refractivity contribution < 1.29 is 10.0 Å². The summed E-state index contributed by atoms with van der Waals surface area (Å²) in [6.45, 7) is 5.13. The number of nitrogens with one attached hydrogen (secondary N) is 1. The van der Waals surface area contributed by atoms with Crippen LogP contribution in [0.2, 0.25) is 0 Å². The van der Waals surface area contributed by atoms with Crippen LogP contribution in [0.4, 0.5) is 0 Å².